The lowest BCUT2D eigenvalue weighted by atomic mass is 10.5. The topological polar surface area (TPSA) is 29.5 Å². The summed E-state index contributed by atoms with van der Waals surface area (Å²) in [6, 6.07) is 0. The van der Waals surface area contributed by atoms with Gasteiger partial charge < -0.3 is 9.84 Å². The molecule has 0 aromatic rings. The van der Waals surface area contributed by atoms with Crippen LogP contribution in [0.2, 0.25) is 0 Å². The van der Waals surface area contributed by atoms with Gasteiger partial charge in [0, 0.05) is 8.96 Å². The van der Waals surface area contributed by atoms with Crippen molar-refractivity contribution in [1.82, 2.24) is 0 Å². The van der Waals surface area contributed by atoms with Gasteiger partial charge in [-0.2, -0.15) is 0 Å². The zero-order chi connectivity index (χ0) is 8.69. The van der Waals surface area contributed by atoms with Crippen LogP contribution in [0, 0.1) is 12.3 Å². The monoisotopic (exact) mass is 282 g/mol. The first kappa shape index (κ1) is 11.2. The van der Waals surface area contributed by atoms with E-state index in [0.717, 1.165) is 4.48 Å². The molecule has 0 bridgehead atoms. The first-order valence-electron chi connectivity index (χ1n) is 2.87. The van der Waals surface area contributed by atoms with E-state index in [9.17, 15) is 0 Å². The molecule has 0 saturated heterocycles. The average Bonchev–Trinajstić information content (AvgIpc) is 2.03. The highest BCUT2D eigenvalue weighted by Crippen LogP contribution is 2.17. The number of aliphatic hydroxyl groups is 1. The Morgan fingerprint density at radius 3 is 2.55 bits per heavy atom. The van der Waals surface area contributed by atoms with Crippen LogP contribution in [0.3, 0.4) is 0 Å². The number of hydrogen-bond donors (Lipinski definition) is 1. The van der Waals surface area contributed by atoms with Crippen molar-refractivity contribution in [2.24, 2.45) is 0 Å². The average molecular weight is 284 g/mol. The molecule has 1 N–H and O–H groups in total. The van der Waals surface area contributed by atoms with Crippen LogP contribution in [0.1, 0.15) is 0 Å². The van der Waals surface area contributed by atoms with Gasteiger partial charge in [-0.15, -0.1) is 6.42 Å². The molecule has 0 heterocycles. The number of terminal acetylenes is 1. The zero-order valence-corrected chi connectivity index (χ0v) is 8.98. The van der Waals surface area contributed by atoms with Gasteiger partial charge in [0.1, 0.15) is 6.61 Å². The SMILES string of the molecule is C#CCOC/C(Br)=C(\Br)CO. The van der Waals surface area contributed by atoms with Crippen molar-refractivity contribution >= 4 is 31.9 Å². The van der Waals surface area contributed by atoms with Gasteiger partial charge in [0.25, 0.3) is 0 Å². The summed E-state index contributed by atoms with van der Waals surface area (Å²) >= 11 is 6.36. The summed E-state index contributed by atoms with van der Waals surface area (Å²) in [7, 11) is 0. The molecule has 0 aromatic heterocycles. The minimum atomic E-state index is -0.0417. The van der Waals surface area contributed by atoms with Gasteiger partial charge in [-0.25, -0.2) is 0 Å². The predicted octanol–water partition coefficient (Wildman–Crippen LogP) is 1.63. The van der Waals surface area contributed by atoms with E-state index >= 15 is 0 Å². The number of rotatable bonds is 4. The Balaban J connectivity index is 3.69. The highest BCUT2D eigenvalue weighted by atomic mass is 79.9. The maximum atomic E-state index is 8.63. The molecule has 0 fully saturated rings. The summed E-state index contributed by atoms with van der Waals surface area (Å²) in [6.07, 6.45) is 4.96. The van der Waals surface area contributed by atoms with Crippen LogP contribution in [0.25, 0.3) is 0 Å². The van der Waals surface area contributed by atoms with Crippen LogP contribution in [0.15, 0.2) is 8.96 Å². The number of halogens is 2. The van der Waals surface area contributed by atoms with Crippen LogP contribution in [-0.2, 0) is 4.74 Å². The fourth-order valence-electron chi connectivity index (χ4n) is 0.364. The molecule has 4 heteroatoms. The molecule has 0 aliphatic heterocycles. The van der Waals surface area contributed by atoms with E-state index in [0.29, 0.717) is 11.1 Å². The second-order valence-corrected chi connectivity index (χ2v) is 3.58. The number of ether oxygens (including phenoxy) is 1. The molecule has 0 aliphatic carbocycles. The summed E-state index contributed by atoms with van der Waals surface area (Å²) < 4.78 is 6.43. The third kappa shape index (κ3) is 5.45. The van der Waals surface area contributed by atoms with Gasteiger partial charge in [-0.1, -0.05) is 37.8 Å². The summed E-state index contributed by atoms with van der Waals surface area (Å²) in [5.74, 6) is 2.34. The number of hydrogen-bond acceptors (Lipinski definition) is 2. The summed E-state index contributed by atoms with van der Waals surface area (Å²) in [6.45, 7) is 0.617. The van der Waals surface area contributed by atoms with Gasteiger partial charge in [0.15, 0.2) is 0 Å². The summed E-state index contributed by atoms with van der Waals surface area (Å²) in [5.41, 5.74) is 0. The maximum absolute atomic E-state index is 8.63. The first-order valence-corrected chi connectivity index (χ1v) is 4.46. The Labute approximate surface area is 82.9 Å². The van der Waals surface area contributed by atoms with Crippen LogP contribution in [0.5, 0.6) is 0 Å². The van der Waals surface area contributed by atoms with E-state index in [-0.39, 0.29) is 13.2 Å². The Hall–Kier alpha value is 0.180. The second-order valence-electron chi connectivity index (χ2n) is 1.66. The van der Waals surface area contributed by atoms with Crippen LogP contribution < -0.4 is 0 Å². The molecular weight excluding hydrogens is 276 g/mol. The fourth-order valence-corrected chi connectivity index (χ4v) is 0.765. The molecule has 11 heavy (non-hydrogen) atoms. The van der Waals surface area contributed by atoms with Crippen molar-refractivity contribution in [1.29, 1.82) is 0 Å². The van der Waals surface area contributed by atoms with E-state index in [2.05, 4.69) is 37.8 Å². The second kappa shape index (κ2) is 6.86. The van der Waals surface area contributed by atoms with E-state index < -0.39 is 0 Å². The quantitative estimate of drug-likeness (QED) is 0.628. The van der Waals surface area contributed by atoms with Crippen LogP contribution >= 0.6 is 31.9 Å². The van der Waals surface area contributed by atoms with Crippen molar-refractivity contribution in [3.63, 3.8) is 0 Å². The fraction of sp³-hybridized carbons (Fsp3) is 0.429. The lowest BCUT2D eigenvalue weighted by Gasteiger charge is -2.00. The van der Waals surface area contributed by atoms with E-state index in [1.807, 2.05) is 0 Å². The molecule has 0 aliphatic rings. The van der Waals surface area contributed by atoms with Crippen molar-refractivity contribution in [2.45, 2.75) is 0 Å². The van der Waals surface area contributed by atoms with E-state index in [1.165, 1.54) is 0 Å². The zero-order valence-electron chi connectivity index (χ0n) is 5.81. The van der Waals surface area contributed by atoms with Gasteiger partial charge >= 0.3 is 0 Å². The number of aliphatic hydroxyl groups excluding tert-OH is 1. The van der Waals surface area contributed by atoms with Crippen molar-refractivity contribution in [3.8, 4) is 12.3 Å². The molecule has 0 aromatic carbocycles. The third-order valence-corrected chi connectivity index (χ3v) is 2.82. The van der Waals surface area contributed by atoms with Crippen molar-refractivity contribution in [3.05, 3.63) is 8.96 Å². The lowest BCUT2D eigenvalue weighted by molar-refractivity contribution is 0.196. The van der Waals surface area contributed by atoms with Crippen LogP contribution in [-0.4, -0.2) is 24.9 Å². The highest BCUT2D eigenvalue weighted by molar-refractivity contribution is 9.14. The van der Waals surface area contributed by atoms with Crippen LogP contribution in [0.4, 0.5) is 0 Å². The van der Waals surface area contributed by atoms with Crippen molar-refractivity contribution in [2.75, 3.05) is 19.8 Å². The molecule has 0 rings (SSSR count). The lowest BCUT2D eigenvalue weighted by Crippen LogP contribution is -1.96. The van der Waals surface area contributed by atoms with Crippen molar-refractivity contribution < 1.29 is 9.84 Å². The summed E-state index contributed by atoms with van der Waals surface area (Å²) in [5, 5.41) is 8.63. The molecule has 0 unspecified atom stereocenters. The molecule has 0 atom stereocenters. The molecule has 0 radical (unpaired) electrons. The molecule has 0 saturated carbocycles. The smallest absolute Gasteiger partial charge is 0.107 e. The van der Waals surface area contributed by atoms with E-state index in [4.69, 9.17) is 16.3 Å². The Bertz CT molecular complexity index is 181. The first-order chi connectivity index (χ1) is 5.22. The molecule has 2 nitrogen and oxygen atoms in total. The molecule has 0 amide bonds. The standard InChI is InChI=1S/C7H8Br2O2/c1-2-3-11-5-7(9)6(8)4-10/h1,10H,3-5H2/b7-6+. The van der Waals surface area contributed by atoms with E-state index in [1.54, 1.807) is 0 Å². The Morgan fingerprint density at radius 2 is 2.09 bits per heavy atom. The van der Waals surface area contributed by atoms with Gasteiger partial charge in [-0.3, -0.25) is 0 Å². The normalized spacial score (nSPS) is 12.2. The minimum absolute atomic E-state index is 0.0417. The van der Waals surface area contributed by atoms with Gasteiger partial charge in [-0.05, 0) is 0 Å². The third-order valence-electron chi connectivity index (χ3n) is 0.847. The Kier molecular flexibility index (Phi) is 6.98. The maximum Gasteiger partial charge on any atom is 0.107 e. The predicted molar refractivity (Wildman–Crippen MR) is 51.6 cm³/mol. The Morgan fingerprint density at radius 1 is 1.45 bits per heavy atom. The largest absolute Gasteiger partial charge is 0.391 e. The van der Waals surface area contributed by atoms with Gasteiger partial charge in [0.05, 0.1) is 13.2 Å². The highest BCUT2D eigenvalue weighted by Gasteiger charge is 1.98. The molecule has 0 spiro atoms. The minimum Gasteiger partial charge on any atom is -0.391 e. The van der Waals surface area contributed by atoms with Gasteiger partial charge in [0.2, 0.25) is 0 Å². The summed E-state index contributed by atoms with van der Waals surface area (Å²) in [4.78, 5) is 0. The molecular formula is C7H8Br2O2. The molecule has 62 valence electrons.